The van der Waals surface area contributed by atoms with E-state index in [0.717, 1.165) is 31.9 Å². The number of pyridine rings is 1. The SMILES string of the molecule is COc1ccc(/C(=C/C=O)N=c2c(F)cc(N3CCN(C)CC3)cn2C)cc1OC. The van der Waals surface area contributed by atoms with Crippen molar-refractivity contribution >= 4 is 17.7 Å². The van der Waals surface area contributed by atoms with E-state index in [1.807, 2.05) is 6.20 Å². The fourth-order valence-corrected chi connectivity index (χ4v) is 3.40. The van der Waals surface area contributed by atoms with Crippen LogP contribution in [-0.2, 0) is 11.8 Å². The number of nitrogens with zero attached hydrogens (tertiary/aromatic N) is 4. The van der Waals surface area contributed by atoms with E-state index in [-0.39, 0.29) is 5.49 Å². The first kappa shape index (κ1) is 21.6. The summed E-state index contributed by atoms with van der Waals surface area (Å²) in [6.07, 6.45) is 3.79. The van der Waals surface area contributed by atoms with Gasteiger partial charge in [0.2, 0.25) is 0 Å². The van der Waals surface area contributed by atoms with Gasteiger partial charge in [-0.1, -0.05) is 0 Å². The third-order valence-electron chi connectivity index (χ3n) is 5.15. The number of hydrogen-bond donors (Lipinski definition) is 0. The number of aromatic nitrogens is 1. The molecule has 1 aliphatic heterocycles. The van der Waals surface area contributed by atoms with Crippen molar-refractivity contribution in [2.24, 2.45) is 12.0 Å². The molecule has 1 aliphatic rings. The van der Waals surface area contributed by atoms with Crippen LogP contribution in [0, 0.1) is 5.82 Å². The highest BCUT2D eigenvalue weighted by Crippen LogP contribution is 2.30. The van der Waals surface area contributed by atoms with Gasteiger partial charge in [0.1, 0.15) is 6.29 Å². The molecule has 0 radical (unpaired) electrons. The van der Waals surface area contributed by atoms with Crippen molar-refractivity contribution in [3.63, 3.8) is 0 Å². The Hall–Kier alpha value is -3.13. The van der Waals surface area contributed by atoms with Crippen LogP contribution in [0.1, 0.15) is 5.56 Å². The van der Waals surface area contributed by atoms with Crippen molar-refractivity contribution in [1.29, 1.82) is 0 Å². The number of ether oxygens (including phenoxy) is 2. The van der Waals surface area contributed by atoms with E-state index in [2.05, 4.69) is 21.8 Å². The van der Waals surface area contributed by atoms with Gasteiger partial charge in [0, 0.05) is 57.1 Å². The van der Waals surface area contributed by atoms with Crippen LogP contribution in [0.2, 0.25) is 0 Å². The number of rotatable bonds is 6. The Morgan fingerprint density at radius 2 is 1.77 bits per heavy atom. The van der Waals surface area contributed by atoms with Crippen LogP contribution < -0.4 is 19.9 Å². The Kier molecular flexibility index (Phi) is 6.89. The van der Waals surface area contributed by atoms with Gasteiger partial charge in [-0.3, -0.25) is 4.79 Å². The smallest absolute Gasteiger partial charge is 0.169 e. The quantitative estimate of drug-likeness (QED) is 0.535. The van der Waals surface area contributed by atoms with Crippen molar-refractivity contribution in [2.75, 3.05) is 52.3 Å². The number of aldehydes is 1. The molecule has 1 aromatic heterocycles. The average molecular weight is 414 g/mol. The van der Waals surface area contributed by atoms with Gasteiger partial charge in [0.15, 0.2) is 22.8 Å². The largest absolute Gasteiger partial charge is 0.493 e. The maximum Gasteiger partial charge on any atom is 0.169 e. The normalized spacial score (nSPS) is 16.0. The predicted octanol–water partition coefficient (Wildman–Crippen LogP) is 2.07. The summed E-state index contributed by atoms with van der Waals surface area (Å²) < 4.78 is 27.2. The minimum Gasteiger partial charge on any atom is -0.493 e. The van der Waals surface area contributed by atoms with Crippen LogP contribution in [0.15, 0.2) is 41.5 Å². The van der Waals surface area contributed by atoms with Gasteiger partial charge in [0.05, 0.1) is 25.6 Å². The van der Waals surface area contributed by atoms with E-state index in [0.29, 0.717) is 29.0 Å². The number of hydrogen-bond acceptors (Lipinski definition) is 6. The summed E-state index contributed by atoms with van der Waals surface area (Å²) in [6, 6.07) is 6.66. The van der Waals surface area contributed by atoms with Crippen molar-refractivity contribution in [2.45, 2.75) is 0 Å². The highest BCUT2D eigenvalue weighted by molar-refractivity contribution is 5.81. The van der Waals surface area contributed by atoms with E-state index in [4.69, 9.17) is 9.47 Å². The van der Waals surface area contributed by atoms with E-state index < -0.39 is 5.82 Å². The molecule has 0 amide bonds. The summed E-state index contributed by atoms with van der Waals surface area (Å²) in [5.41, 5.74) is 1.89. The molecule has 0 atom stereocenters. The van der Waals surface area contributed by atoms with Crippen molar-refractivity contribution in [1.82, 2.24) is 9.47 Å². The molecule has 2 aromatic rings. The summed E-state index contributed by atoms with van der Waals surface area (Å²) in [5, 5.41) is 0. The number of anilines is 1. The molecule has 3 rings (SSSR count). The molecule has 8 heteroatoms. The molecule has 0 saturated carbocycles. The highest BCUT2D eigenvalue weighted by Gasteiger charge is 2.16. The first-order valence-electron chi connectivity index (χ1n) is 9.69. The Labute approximate surface area is 175 Å². The number of carbonyl (C=O) groups excluding carboxylic acids is 1. The van der Waals surface area contributed by atoms with Crippen molar-refractivity contribution in [3.05, 3.63) is 53.4 Å². The Morgan fingerprint density at radius 3 is 2.37 bits per heavy atom. The molecule has 30 heavy (non-hydrogen) atoms. The van der Waals surface area contributed by atoms with Crippen molar-refractivity contribution in [3.8, 4) is 11.5 Å². The number of likely N-dealkylation sites (N-methyl/N-ethyl adjacent to an activating group) is 1. The first-order valence-corrected chi connectivity index (χ1v) is 9.69. The van der Waals surface area contributed by atoms with E-state index in [1.165, 1.54) is 19.3 Å². The zero-order valence-corrected chi connectivity index (χ0v) is 17.8. The fourth-order valence-electron chi connectivity index (χ4n) is 3.40. The monoisotopic (exact) mass is 414 g/mol. The second kappa shape index (κ2) is 9.58. The molecule has 1 aromatic carbocycles. The molecule has 0 unspecified atom stereocenters. The molecular formula is C22H27FN4O3. The molecule has 0 aliphatic carbocycles. The van der Waals surface area contributed by atoms with Crippen LogP contribution in [-0.4, -0.2) is 63.2 Å². The van der Waals surface area contributed by atoms with Crippen molar-refractivity contribution < 1.29 is 18.7 Å². The molecule has 1 saturated heterocycles. The minimum absolute atomic E-state index is 0.135. The first-order chi connectivity index (χ1) is 14.5. The Balaban J connectivity index is 2.01. The number of halogens is 1. The molecule has 1 fully saturated rings. The van der Waals surface area contributed by atoms with Crippen LogP contribution in [0.5, 0.6) is 11.5 Å². The lowest BCUT2D eigenvalue weighted by molar-refractivity contribution is -0.104. The summed E-state index contributed by atoms with van der Waals surface area (Å²) >= 11 is 0. The molecule has 0 bridgehead atoms. The number of methoxy groups -OCH3 is 2. The number of allylic oxidation sites excluding steroid dienone is 1. The van der Waals surface area contributed by atoms with E-state index >= 15 is 4.39 Å². The second-order valence-corrected chi connectivity index (χ2v) is 7.14. The van der Waals surface area contributed by atoms with Crippen LogP contribution in [0.25, 0.3) is 5.70 Å². The molecular weight excluding hydrogens is 387 g/mol. The minimum atomic E-state index is -0.453. The molecule has 0 spiro atoms. The van der Waals surface area contributed by atoms with Gasteiger partial charge in [-0.05, 0) is 25.2 Å². The summed E-state index contributed by atoms with van der Waals surface area (Å²) in [4.78, 5) is 20.1. The van der Waals surface area contributed by atoms with Gasteiger partial charge in [-0.25, -0.2) is 9.38 Å². The molecule has 2 heterocycles. The van der Waals surface area contributed by atoms with Gasteiger partial charge >= 0.3 is 0 Å². The lowest BCUT2D eigenvalue weighted by atomic mass is 10.1. The summed E-state index contributed by atoms with van der Waals surface area (Å²) in [6.45, 7) is 3.55. The molecule has 160 valence electrons. The third kappa shape index (κ3) is 4.71. The zero-order chi connectivity index (χ0) is 21.7. The average Bonchev–Trinajstić information content (AvgIpc) is 2.75. The van der Waals surface area contributed by atoms with Gasteiger partial charge in [-0.15, -0.1) is 0 Å². The topological polar surface area (TPSA) is 59.3 Å². The van der Waals surface area contributed by atoms with Gasteiger partial charge < -0.3 is 23.8 Å². The lowest BCUT2D eigenvalue weighted by Gasteiger charge is -2.34. The number of aryl methyl sites for hydroxylation is 1. The van der Waals surface area contributed by atoms with Crippen LogP contribution in [0.3, 0.4) is 0 Å². The summed E-state index contributed by atoms with van der Waals surface area (Å²) in [5.74, 6) is 0.600. The number of carbonyl (C=O) groups is 1. The standard InChI is InChI=1S/C22H27FN4O3/c1-25-8-10-27(11-9-25)17-14-18(23)22(26(2)15-17)24-19(7-12-28)16-5-6-20(29-3)21(13-16)30-4/h5-7,12-15H,8-11H2,1-4H3/b19-7-,24-22?. The number of benzene rings is 1. The number of piperazine rings is 1. The zero-order valence-electron chi connectivity index (χ0n) is 17.8. The second-order valence-electron chi connectivity index (χ2n) is 7.14. The predicted molar refractivity (Wildman–Crippen MR) is 114 cm³/mol. The molecule has 0 N–H and O–H groups in total. The fraction of sp³-hybridized carbons (Fsp3) is 0.364. The maximum atomic E-state index is 15.0. The van der Waals surface area contributed by atoms with Crippen LogP contribution in [0.4, 0.5) is 10.1 Å². The summed E-state index contributed by atoms with van der Waals surface area (Å²) in [7, 11) is 6.89. The highest BCUT2D eigenvalue weighted by atomic mass is 19.1. The van der Waals surface area contributed by atoms with Gasteiger partial charge in [-0.2, -0.15) is 0 Å². The van der Waals surface area contributed by atoms with E-state index in [9.17, 15) is 4.79 Å². The Morgan fingerprint density at radius 1 is 1.07 bits per heavy atom. The van der Waals surface area contributed by atoms with Crippen LogP contribution >= 0.6 is 0 Å². The lowest BCUT2D eigenvalue weighted by Crippen LogP contribution is -2.45. The van der Waals surface area contributed by atoms with Gasteiger partial charge in [0.25, 0.3) is 0 Å². The van der Waals surface area contributed by atoms with E-state index in [1.54, 1.807) is 36.9 Å². The molecule has 7 nitrogen and oxygen atoms in total. The third-order valence-corrected chi connectivity index (χ3v) is 5.15. The Bertz CT molecular complexity index is 982. The maximum absolute atomic E-state index is 15.0.